The number of benzene rings is 1. The molecule has 1 amide bonds. The molecule has 0 spiro atoms. The van der Waals surface area contributed by atoms with E-state index in [1.165, 1.54) is 23.5 Å². The standard InChI is InChI=1S/C22H19F3N4O2S/c1-11(2)13-8-14(12(3)7-17(13)30)27-21(31)16-10-20-26-15(18-5-4-6-32-18)9-19(22(23,24)25)29(20)28-16/h4-11,30H,1-3H3,(H,27,31). The number of alkyl halides is 3. The average Bonchev–Trinajstić information content (AvgIpc) is 3.37. The van der Waals surface area contributed by atoms with Crippen LogP contribution < -0.4 is 5.32 Å². The van der Waals surface area contributed by atoms with E-state index in [1.54, 1.807) is 30.5 Å². The molecule has 4 rings (SSSR count). The van der Waals surface area contributed by atoms with Crippen molar-refractivity contribution in [3.63, 3.8) is 0 Å². The first kappa shape index (κ1) is 21.8. The van der Waals surface area contributed by atoms with Gasteiger partial charge in [-0.2, -0.15) is 18.3 Å². The second kappa shape index (κ2) is 7.94. The molecule has 0 bridgehead atoms. The molecule has 0 aliphatic rings. The van der Waals surface area contributed by atoms with E-state index in [4.69, 9.17) is 0 Å². The Labute approximate surface area is 185 Å². The van der Waals surface area contributed by atoms with E-state index in [2.05, 4.69) is 15.4 Å². The summed E-state index contributed by atoms with van der Waals surface area (Å²) in [6.45, 7) is 5.50. The molecule has 0 fully saturated rings. The van der Waals surface area contributed by atoms with Crippen LogP contribution in [-0.4, -0.2) is 25.6 Å². The molecule has 0 atom stereocenters. The van der Waals surface area contributed by atoms with Gasteiger partial charge in [-0.25, -0.2) is 9.50 Å². The second-order valence-corrected chi connectivity index (χ2v) is 8.58. The van der Waals surface area contributed by atoms with Gasteiger partial charge in [0.25, 0.3) is 5.91 Å². The van der Waals surface area contributed by atoms with E-state index in [-0.39, 0.29) is 28.7 Å². The number of hydrogen-bond acceptors (Lipinski definition) is 5. The van der Waals surface area contributed by atoms with Gasteiger partial charge in [0, 0.05) is 11.8 Å². The van der Waals surface area contributed by atoms with Crippen LogP contribution in [0.5, 0.6) is 5.75 Å². The maximum Gasteiger partial charge on any atom is 0.433 e. The van der Waals surface area contributed by atoms with Gasteiger partial charge in [-0.05, 0) is 53.6 Å². The highest BCUT2D eigenvalue weighted by Gasteiger charge is 2.35. The number of carbonyl (C=O) groups is 1. The lowest BCUT2D eigenvalue weighted by atomic mass is 9.99. The topological polar surface area (TPSA) is 79.5 Å². The third kappa shape index (κ3) is 4.05. The summed E-state index contributed by atoms with van der Waals surface area (Å²) in [5, 5.41) is 18.4. The lowest BCUT2D eigenvalue weighted by Gasteiger charge is -2.14. The summed E-state index contributed by atoms with van der Waals surface area (Å²) < 4.78 is 41.7. The van der Waals surface area contributed by atoms with Crippen LogP contribution in [0.25, 0.3) is 16.2 Å². The summed E-state index contributed by atoms with van der Waals surface area (Å²) in [5.74, 6) is -0.552. The Bertz CT molecular complexity index is 1310. The number of hydrogen-bond donors (Lipinski definition) is 2. The summed E-state index contributed by atoms with van der Waals surface area (Å²) in [7, 11) is 0. The number of rotatable bonds is 4. The molecule has 32 heavy (non-hydrogen) atoms. The van der Waals surface area contributed by atoms with Crippen molar-refractivity contribution in [1.29, 1.82) is 0 Å². The number of amides is 1. The zero-order valence-electron chi connectivity index (χ0n) is 17.4. The molecule has 166 valence electrons. The van der Waals surface area contributed by atoms with Gasteiger partial charge in [0.15, 0.2) is 17.0 Å². The van der Waals surface area contributed by atoms with Crippen LogP contribution >= 0.6 is 11.3 Å². The Balaban J connectivity index is 1.76. The maximum atomic E-state index is 13.7. The van der Waals surface area contributed by atoms with Gasteiger partial charge in [-0.15, -0.1) is 11.3 Å². The summed E-state index contributed by atoms with van der Waals surface area (Å²) in [6, 6.07) is 8.73. The Morgan fingerprint density at radius 2 is 1.97 bits per heavy atom. The number of halogens is 3. The van der Waals surface area contributed by atoms with Crippen LogP contribution in [0.4, 0.5) is 18.9 Å². The number of aryl methyl sites for hydroxylation is 1. The average molecular weight is 460 g/mol. The van der Waals surface area contributed by atoms with E-state index in [0.29, 0.717) is 26.2 Å². The fourth-order valence-electron chi connectivity index (χ4n) is 3.33. The van der Waals surface area contributed by atoms with E-state index in [0.717, 1.165) is 6.07 Å². The van der Waals surface area contributed by atoms with Gasteiger partial charge in [0.2, 0.25) is 0 Å². The first-order chi connectivity index (χ1) is 15.0. The lowest BCUT2D eigenvalue weighted by molar-refractivity contribution is -0.142. The quantitative estimate of drug-likeness (QED) is 0.374. The van der Waals surface area contributed by atoms with Gasteiger partial charge in [0.1, 0.15) is 5.75 Å². The third-order valence-corrected chi connectivity index (χ3v) is 5.86. The van der Waals surface area contributed by atoms with Crippen molar-refractivity contribution in [2.24, 2.45) is 0 Å². The predicted octanol–water partition coefficient (Wildman–Crippen LogP) is 5.87. The van der Waals surface area contributed by atoms with E-state index < -0.39 is 17.8 Å². The monoisotopic (exact) mass is 460 g/mol. The van der Waals surface area contributed by atoms with Crippen molar-refractivity contribution >= 4 is 28.6 Å². The first-order valence-corrected chi connectivity index (χ1v) is 10.6. The van der Waals surface area contributed by atoms with Crippen LogP contribution in [-0.2, 0) is 6.18 Å². The molecule has 0 aliphatic carbocycles. The fourth-order valence-corrected chi connectivity index (χ4v) is 4.02. The molecule has 6 nitrogen and oxygen atoms in total. The Hall–Kier alpha value is -3.40. The second-order valence-electron chi connectivity index (χ2n) is 7.64. The van der Waals surface area contributed by atoms with E-state index in [1.807, 2.05) is 13.8 Å². The SMILES string of the molecule is Cc1cc(O)c(C(C)C)cc1NC(=O)c1cc2nc(-c3cccs3)cc(C(F)(F)F)n2n1. The molecule has 2 N–H and O–H groups in total. The highest BCUT2D eigenvalue weighted by Crippen LogP contribution is 2.34. The van der Waals surface area contributed by atoms with Gasteiger partial charge in [-0.3, -0.25) is 4.79 Å². The largest absolute Gasteiger partial charge is 0.508 e. The number of thiophene rings is 1. The summed E-state index contributed by atoms with van der Waals surface area (Å²) >= 11 is 1.27. The molecule has 0 unspecified atom stereocenters. The van der Waals surface area contributed by atoms with Crippen LogP contribution in [0.3, 0.4) is 0 Å². The van der Waals surface area contributed by atoms with Crippen LogP contribution in [0.15, 0.2) is 41.8 Å². The molecular weight excluding hydrogens is 441 g/mol. The minimum atomic E-state index is -4.69. The van der Waals surface area contributed by atoms with Crippen molar-refractivity contribution < 1.29 is 23.1 Å². The number of phenolic OH excluding ortho intramolecular Hbond substituents is 1. The summed E-state index contributed by atoms with van der Waals surface area (Å²) in [6.07, 6.45) is -4.69. The van der Waals surface area contributed by atoms with Crippen molar-refractivity contribution in [3.05, 3.63) is 64.3 Å². The normalized spacial score (nSPS) is 12.0. The summed E-state index contributed by atoms with van der Waals surface area (Å²) in [5.41, 5.74) is 0.538. The van der Waals surface area contributed by atoms with Crippen molar-refractivity contribution in [3.8, 4) is 16.3 Å². The van der Waals surface area contributed by atoms with Crippen molar-refractivity contribution in [2.75, 3.05) is 5.32 Å². The number of aromatic hydroxyl groups is 1. The number of phenols is 1. The molecule has 1 aromatic carbocycles. The van der Waals surface area contributed by atoms with Crippen molar-refractivity contribution in [2.45, 2.75) is 32.9 Å². The lowest BCUT2D eigenvalue weighted by Crippen LogP contribution is -2.16. The maximum absolute atomic E-state index is 13.7. The highest BCUT2D eigenvalue weighted by molar-refractivity contribution is 7.13. The van der Waals surface area contributed by atoms with E-state index >= 15 is 0 Å². The number of aromatic nitrogens is 3. The van der Waals surface area contributed by atoms with Gasteiger partial charge >= 0.3 is 6.18 Å². The smallest absolute Gasteiger partial charge is 0.433 e. The predicted molar refractivity (Wildman–Crippen MR) is 116 cm³/mol. The van der Waals surface area contributed by atoms with Crippen LogP contribution in [0.1, 0.15) is 47.1 Å². The number of nitrogens with one attached hydrogen (secondary N) is 1. The molecule has 0 radical (unpaired) electrons. The zero-order chi connectivity index (χ0) is 23.2. The number of anilines is 1. The minimum absolute atomic E-state index is 0.00987. The molecule has 4 aromatic rings. The van der Waals surface area contributed by atoms with Gasteiger partial charge in [0.05, 0.1) is 10.6 Å². The third-order valence-electron chi connectivity index (χ3n) is 4.97. The molecular formula is C22H19F3N4O2S. The molecule has 3 aromatic heterocycles. The number of carbonyl (C=O) groups excluding carboxylic acids is 1. The molecule has 0 saturated carbocycles. The molecule has 3 heterocycles. The minimum Gasteiger partial charge on any atom is -0.508 e. The van der Waals surface area contributed by atoms with E-state index in [9.17, 15) is 23.1 Å². The van der Waals surface area contributed by atoms with Crippen LogP contribution in [0, 0.1) is 6.92 Å². The molecule has 0 saturated heterocycles. The highest BCUT2D eigenvalue weighted by atomic mass is 32.1. The van der Waals surface area contributed by atoms with Crippen LogP contribution in [0.2, 0.25) is 0 Å². The number of fused-ring (bicyclic) bond motifs is 1. The number of nitrogens with zero attached hydrogens (tertiary/aromatic N) is 3. The Morgan fingerprint density at radius 1 is 1.22 bits per heavy atom. The summed E-state index contributed by atoms with van der Waals surface area (Å²) in [4.78, 5) is 17.7. The fraction of sp³-hybridized carbons (Fsp3) is 0.227. The van der Waals surface area contributed by atoms with Crippen molar-refractivity contribution in [1.82, 2.24) is 14.6 Å². The Morgan fingerprint density at radius 3 is 2.59 bits per heavy atom. The zero-order valence-corrected chi connectivity index (χ0v) is 18.2. The Kier molecular flexibility index (Phi) is 5.41. The first-order valence-electron chi connectivity index (χ1n) is 9.71. The molecule has 0 aliphatic heterocycles. The van der Waals surface area contributed by atoms with Gasteiger partial charge < -0.3 is 10.4 Å². The van der Waals surface area contributed by atoms with Gasteiger partial charge in [-0.1, -0.05) is 19.9 Å². The molecule has 10 heteroatoms.